The first-order valence-electron chi connectivity index (χ1n) is 5.19. The van der Waals surface area contributed by atoms with E-state index in [1.54, 1.807) is 10.7 Å². The number of thiophene rings is 1. The summed E-state index contributed by atoms with van der Waals surface area (Å²) < 4.78 is 3.57. The summed E-state index contributed by atoms with van der Waals surface area (Å²) >= 11 is 8.14. The van der Waals surface area contributed by atoms with Gasteiger partial charge in [0.2, 0.25) is 0 Å². The molecule has 0 aliphatic heterocycles. The van der Waals surface area contributed by atoms with Gasteiger partial charge in [-0.05, 0) is 44.8 Å². The van der Waals surface area contributed by atoms with Crippen LogP contribution in [0.3, 0.4) is 0 Å². The smallest absolute Gasteiger partial charge is 0.261 e. The summed E-state index contributed by atoms with van der Waals surface area (Å²) in [7, 11) is 1.87. The van der Waals surface area contributed by atoms with Crippen LogP contribution >= 0.6 is 43.2 Å². The average Bonchev–Trinajstić information content (AvgIpc) is 2.79. The molecule has 1 N–H and O–H groups in total. The Morgan fingerprint density at radius 1 is 1.56 bits per heavy atom. The van der Waals surface area contributed by atoms with Crippen molar-refractivity contribution in [2.75, 3.05) is 0 Å². The predicted molar refractivity (Wildman–Crippen MR) is 78.8 cm³/mol. The predicted octanol–water partition coefficient (Wildman–Crippen LogP) is 3.25. The molecule has 0 aromatic carbocycles. The highest BCUT2D eigenvalue weighted by Gasteiger charge is 2.12. The molecule has 0 bridgehead atoms. The first-order valence-corrected chi connectivity index (χ1v) is 7.59. The summed E-state index contributed by atoms with van der Waals surface area (Å²) in [4.78, 5) is 12.6. The zero-order chi connectivity index (χ0) is 13.3. The van der Waals surface area contributed by atoms with Gasteiger partial charge in [-0.2, -0.15) is 5.10 Å². The second-order valence-corrected chi connectivity index (χ2v) is 7.05. The van der Waals surface area contributed by atoms with Gasteiger partial charge in [-0.1, -0.05) is 0 Å². The van der Waals surface area contributed by atoms with Crippen LogP contribution in [0.2, 0.25) is 0 Å². The van der Waals surface area contributed by atoms with Crippen LogP contribution < -0.4 is 5.32 Å². The van der Waals surface area contributed by atoms with Crippen molar-refractivity contribution in [2.24, 2.45) is 7.05 Å². The van der Waals surface area contributed by atoms with Crippen LogP contribution in [0.5, 0.6) is 0 Å². The van der Waals surface area contributed by atoms with E-state index >= 15 is 0 Å². The normalized spacial score (nSPS) is 10.7. The molecule has 7 heteroatoms. The van der Waals surface area contributed by atoms with Crippen LogP contribution in [-0.2, 0) is 13.6 Å². The average molecular weight is 393 g/mol. The number of aryl methyl sites for hydroxylation is 2. The van der Waals surface area contributed by atoms with Crippen molar-refractivity contribution < 1.29 is 4.79 Å². The molecule has 0 atom stereocenters. The fraction of sp³-hybridized carbons (Fsp3) is 0.273. The number of nitrogens with zero attached hydrogens (tertiary/aromatic N) is 2. The van der Waals surface area contributed by atoms with E-state index in [-0.39, 0.29) is 5.91 Å². The van der Waals surface area contributed by atoms with Gasteiger partial charge in [-0.3, -0.25) is 9.48 Å². The summed E-state index contributed by atoms with van der Waals surface area (Å²) in [6, 6.07) is 1.81. The molecule has 1 amide bonds. The monoisotopic (exact) mass is 391 g/mol. The molecule has 0 unspecified atom stereocenters. The minimum absolute atomic E-state index is 0.0744. The van der Waals surface area contributed by atoms with E-state index in [2.05, 4.69) is 42.3 Å². The van der Waals surface area contributed by atoms with Crippen LogP contribution in [0, 0.1) is 6.92 Å². The van der Waals surface area contributed by atoms with Gasteiger partial charge in [-0.25, -0.2) is 0 Å². The van der Waals surface area contributed by atoms with E-state index in [1.165, 1.54) is 11.3 Å². The highest BCUT2D eigenvalue weighted by molar-refractivity contribution is 9.13. The van der Waals surface area contributed by atoms with Crippen molar-refractivity contribution in [1.29, 1.82) is 0 Å². The number of hydrogen-bond acceptors (Lipinski definition) is 3. The molecule has 0 saturated carbocycles. The number of halogens is 2. The van der Waals surface area contributed by atoms with Gasteiger partial charge in [0.05, 0.1) is 14.4 Å². The summed E-state index contributed by atoms with van der Waals surface area (Å²) in [5, 5.41) is 7.12. The highest BCUT2D eigenvalue weighted by Crippen LogP contribution is 2.32. The van der Waals surface area contributed by atoms with E-state index in [0.717, 1.165) is 19.5 Å². The number of carbonyl (C=O) groups excluding carboxylic acids is 1. The lowest BCUT2D eigenvalue weighted by Crippen LogP contribution is -2.21. The third kappa shape index (κ3) is 3.02. The zero-order valence-electron chi connectivity index (χ0n) is 9.83. The van der Waals surface area contributed by atoms with Gasteiger partial charge < -0.3 is 5.32 Å². The summed E-state index contributed by atoms with van der Waals surface area (Å²) in [5.74, 6) is -0.0744. The van der Waals surface area contributed by atoms with Gasteiger partial charge in [0.15, 0.2) is 0 Å². The summed E-state index contributed by atoms with van der Waals surface area (Å²) in [6.45, 7) is 2.42. The van der Waals surface area contributed by atoms with Crippen molar-refractivity contribution in [1.82, 2.24) is 15.1 Å². The van der Waals surface area contributed by atoms with Crippen molar-refractivity contribution in [2.45, 2.75) is 13.5 Å². The van der Waals surface area contributed by atoms with Gasteiger partial charge in [0, 0.05) is 29.8 Å². The Morgan fingerprint density at radius 2 is 2.28 bits per heavy atom. The van der Waals surface area contributed by atoms with Gasteiger partial charge in [0.25, 0.3) is 5.91 Å². The standard InChI is InChI=1S/C11H11Br2N3OS/c1-6-7(5-16(2)15-6)4-14-11(17)9-3-8(12)10(13)18-9/h3,5H,4H2,1-2H3,(H,14,17). The van der Waals surface area contributed by atoms with Crippen molar-refractivity contribution >= 4 is 49.1 Å². The third-order valence-corrected chi connectivity index (χ3v) is 5.68. The number of rotatable bonds is 3. The topological polar surface area (TPSA) is 46.9 Å². The van der Waals surface area contributed by atoms with Crippen molar-refractivity contribution in [3.8, 4) is 0 Å². The molecule has 2 rings (SSSR count). The molecule has 2 aromatic heterocycles. The lowest BCUT2D eigenvalue weighted by Gasteiger charge is -2.01. The van der Waals surface area contributed by atoms with Crippen LogP contribution in [0.1, 0.15) is 20.9 Å². The second-order valence-electron chi connectivity index (χ2n) is 3.83. The number of carbonyl (C=O) groups is 1. The Balaban J connectivity index is 2.02. The molecule has 2 heterocycles. The fourth-order valence-electron chi connectivity index (χ4n) is 1.54. The maximum absolute atomic E-state index is 11.9. The van der Waals surface area contributed by atoms with Crippen LogP contribution in [0.25, 0.3) is 0 Å². The number of hydrogen-bond donors (Lipinski definition) is 1. The minimum Gasteiger partial charge on any atom is -0.347 e. The highest BCUT2D eigenvalue weighted by atomic mass is 79.9. The van der Waals surface area contributed by atoms with Crippen molar-refractivity contribution in [3.63, 3.8) is 0 Å². The molecule has 0 aliphatic rings. The maximum Gasteiger partial charge on any atom is 0.261 e. The molecule has 0 spiro atoms. The maximum atomic E-state index is 11.9. The summed E-state index contributed by atoms with van der Waals surface area (Å²) in [5.41, 5.74) is 1.96. The van der Waals surface area contributed by atoms with Crippen LogP contribution in [-0.4, -0.2) is 15.7 Å². The minimum atomic E-state index is -0.0744. The lowest BCUT2D eigenvalue weighted by atomic mass is 10.2. The molecule has 0 aliphatic carbocycles. The molecule has 0 fully saturated rings. The van der Waals surface area contributed by atoms with E-state index in [9.17, 15) is 4.79 Å². The Kier molecular flexibility index (Phi) is 4.24. The largest absolute Gasteiger partial charge is 0.347 e. The van der Waals surface area contributed by atoms with Gasteiger partial charge in [-0.15, -0.1) is 11.3 Å². The molecule has 0 saturated heterocycles. The third-order valence-electron chi connectivity index (χ3n) is 2.42. The second kappa shape index (κ2) is 5.54. The SMILES string of the molecule is Cc1nn(C)cc1CNC(=O)c1cc(Br)c(Br)s1. The fourth-order valence-corrected chi connectivity index (χ4v) is 3.50. The molecule has 4 nitrogen and oxygen atoms in total. The van der Waals surface area contributed by atoms with Crippen molar-refractivity contribution in [3.05, 3.63) is 36.7 Å². The zero-order valence-corrected chi connectivity index (χ0v) is 13.8. The summed E-state index contributed by atoms with van der Waals surface area (Å²) in [6.07, 6.45) is 1.91. The molecule has 18 heavy (non-hydrogen) atoms. The van der Waals surface area contributed by atoms with Crippen LogP contribution in [0.15, 0.2) is 20.5 Å². The van der Waals surface area contributed by atoms with E-state index in [1.807, 2.05) is 20.2 Å². The molecular weight excluding hydrogens is 382 g/mol. The number of aromatic nitrogens is 2. The van der Waals surface area contributed by atoms with Crippen LogP contribution in [0.4, 0.5) is 0 Å². The van der Waals surface area contributed by atoms with Gasteiger partial charge >= 0.3 is 0 Å². The Bertz CT molecular complexity index is 572. The van der Waals surface area contributed by atoms with E-state index in [0.29, 0.717) is 11.4 Å². The van der Waals surface area contributed by atoms with E-state index < -0.39 is 0 Å². The Morgan fingerprint density at radius 3 is 2.78 bits per heavy atom. The Labute approximate surface area is 126 Å². The number of amides is 1. The first kappa shape index (κ1) is 13.8. The first-order chi connectivity index (χ1) is 8.47. The molecule has 96 valence electrons. The quantitative estimate of drug-likeness (QED) is 0.871. The van der Waals surface area contributed by atoms with Gasteiger partial charge in [0.1, 0.15) is 0 Å². The molecular formula is C11H11Br2N3OS. The van der Waals surface area contributed by atoms with E-state index in [4.69, 9.17) is 0 Å². The lowest BCUT2D eigenvalue weighted by molar-refractivity contribution is 0.0955. The molecule has 0 radical (unpaired) electrons. The molecule has 2 aromatic rings. The number of nitrogens with one attached hydrogen (secondary N) is 1. The Hall–Kier alpha value is -0.660.